The Balaban J connectivity index is 2.41. The van der Waals surface area contributed by atoms with Gasteiger partial charge in [0.05, 0.1) is 0 Å². The third-order valence-electron chi connectivity index (χ3n) is 2.89. The van der Waals surface area contributed by atoms with E-state index in [1.54, 1.807) is 0 Å². The van der Waals surface area contributed by atoms with Crippen LogP contribution in [0, 0.1) is 0 Å². The monoisotopic (exact) mass is 265 g/mol. The topological polar surface area (TPSA) is 33.1 Å². The SMILES string of the molecule is O[C@H](c1cc2c(nc1Cl)CCCC2)C(F)(F)F. The first-order chi connectivity index (χ1) is 7.89. The lowest BCUT2D eigenvalue weighted by Crippen LogP contribution is -2.21. The molecule has 6 heteroatoms. The predicted octanol–water partition coefficient (Wildman–Crippen LogP) is 3.21. The Morgan fingerprint density at radius 1 is 1.29 bits per heavy atom. The van der Waals surface area contributed by atoms with E-state index in [1.807, 2.05) is 0 Å². The summed E-state index contributed by atoms with van der Waals surface area (Å²) < 4.78 is 37.2. The van der Waals surface area contributed by atoms with Gasteiger partial charge in [0.2, 0.25) is 0 Å². The standard InChI is InChI=1S/C11H11ClF3NO/c12-10-7(9(17)11(13,14)15)5-6-3-1-2-4-8(6)16-10/h5,9,17H,1-4H2/t9-/m1/s1. The molecule has 0 fully saturated rings. The average molecular weight is 266 g/mol. The van der Waals surface area contributed by atoms with Crippen LogP contribution in [0.2, 0.25) is 5.15 Å². The van der Waals surface area contributed by atoms with E-state index in [2.05, 4.69) is 4.98 Å². The number of hydrogen-bond acceptors (Lipinski definition) is 2. The van der Waals surface area contributed by atoms with Crippen LogP contribution in [-0.4, -0.2) is 16.3 Å². The molecule has 0 unspecified atom stereocenters. The summed E-state index contributed by atoms with van der Waals surface area (Å²) >= 11 is 5.69. The number of aliphatic hydroxyl groups is 1. The van der Waals surface area contributed by atoms with Gasteiger partial charge in [-0.05, 0) is 37.3 Å². The molecule has 1 heterocycles. The van der Waals surface area contributed by atoms with Crippen LogP contribution < -0.4 is 0 Å². The normalized spacial score (nSPS) is 17.7. The number of halogens is 4. The Labute approximate surface area is 101 Å². The molecule has 2 nitrogen and oxygen atoms in total. The van der Waals surface area contributed by atoms with Crippen LogP contribution in [0.15, 0.2) is 6.07 Å². The van der Waals surface area contributed by atoms with Gasteiger partial charge >= 0.3 is 6.18 Å². The Morgan fingerprint density at radius 3 is 2.59 bits per heavy atom. The molecule has 1 aromatic heterocycles. The lowest BCUT2D eigenvalue weighted by molar-refractivity contribution is -0.206. The molecule has 0 bridgehead atoms. The van der Waals surface area contributed by atoms with Gasteiger partial charge in [-0.15, -0.1) is 0 Å². The summed E-state index contributed by atoms with van der Waals surface area (Å²) in [6.07, 6.45) is -3.95. The maximum Gasteiger partial charge on any atom is 0.418 e. The van der Waals surface area contributed by atoms with Gasteiger partial charge in [-0.3, -0.25) is 0 Å². The molecule has 1 aliphatic carbocycles. The van der Waals surface area contributed by atoms with E-state index >= 15 is 0 Å². The molecule has 1 aliphatic rings. The van der Waals surface area contributed by atoms with E-state index in [9.17, 15) is 18.3 Å². The Morgan fingerprint density at radius 2 is 1.94 bits per heavy atom. The summed E-state index contributed by atoms with van der Waals surface area (Å²) in [5.41, 5.74) is 1.16. The van der Waals surface area contributed by atoms with Gasteiger partial charge in [0.15, 0.2) is 6.10 Å². The third kappa shape index (κ3) is 2.55. The van der Waals surface area contributed by atoms with Crippen molar-refractivity contribution in [1.29, 1.82) is 0 Å². The number of aromatic nitrogens is 1. The van der Waals surface area contributed by atoms with Crippen LogP contribution >= 0.6 is 11.6 Å². The number of hydrogen-bond donors (Lipinski definition) is 1. The number of nitrogens with zero attached hydrogens (tertiary/aromatic N) is 1. The number of pyridine rings is 1. The fraction of sp³-hybridized carbons (Fsp3) is 0.545. The Kier molecular flexibility index (Phi) is 3.32. The van der Waals surface area contributed by atoms with E-state index in [-0.39, 0.29) is 10.7 Å². The summed E-state index contributed by atoms with van der Waals surface area (Å²) in [7, 11) is 0. The summed E-state index contributed by atoms with van der Waals surface area (Å²) in [6, 6.07) is 1.34. The molecular formula is C11H11ClF3NO. The summed E-state index contributed by atoms with van der Waals surface area (Å²) in [4.78, 5) is 3.95. The largest absolute Gasteiger partial charge is 0.418 e. The van der Waals surface area contributed by atoms with Gasteiger partial charge in [0.1, 0.15) is 5.15 Å². The fourth-order valence-corrected chi connectivity index (χ4v) is 2.25. The number of aliphatic hydroxyl groups excluding tert-OH is 1. The lowest BCUT2D eigenvalue weighted by Gasteiger charge is -2.20. The second kappa shape index (κ2) is 4.46. The van der Waals surface area contributed by atoms with Crippen LogP contribution in [0.3, 0.4) is 0 Å². The highest BCUT2D eigenvalue weighted by atomic mass is 35.5. The molecule has 1 aromatic rings. The van der Waals surface area contributed by atoms with Crippen molar-refractivity contribution in [2.24, 2.45) is 0 Å². The molecule has 1 atom stereocenters. The van der Waals surface area contributed by atoms with Crippen molar-refractivity contribution in [2.45, 2.75) is 38.0 Å². The molecule has 0 amide bonds. The van der Waals surface area contributed by atoms with Crippen molar-refractivity contribution in [2.75, 3.05) is 0 Å². The van der Waals surface area contributed by atoms with Crippen LogP contribution in [0.5, 0.6) is 0 Å². The number of alkyl halides is 3. The number of fused-ring (bicyclic) bond motifs is 1. The van der Waals surface area contributed by atoms with Crippen molar-refractivity contribution in [1.82, 2.24) is 4.98 Å². The molecule has 0 spiro atoms. The molecule has 0 aromatic carbocycles. The van der Waals surface area contributed by atoms with Crippen molar-refractivity contribution in [3.63, 3.8) is 0 Å². The van der Waals surface area contributed by atoms with Crippen LogP contribution in [0.4, 0.5) is 13.2 Å². The molecule has 0 saturated carbocycles. The zero-order chi connectivity index (χ0) is 12.6. The minimum Gasteiger partial charge on any atom is -0.379 e. The Bertz CT molecular complexity index is 433. The van der Waals surface area contributed by atoms with Crippen LogP contribution in [0.25, 0.3) is 0 Å². The van der Waals surface area contributed by atoms with Gasteiger partial charge in [-0.1, -0.05) is 11.6 Å². The average Bonchev–Trinajstić information content (AvgIpc) is 2.26. The molecular weight excluding hydrogens is 255 g/mol. The highest BCUT2D eigenvalue weighted by molar-refractivity contribution is 6.30. The maximum atomic E-state index is 12.4. The van der Waals surface area contributed by atoms with E-state index in [1.165, 1.54) is 6.07 Å². The van der Waals surface area contributed by atoms with Crippen molar-refractivity contribution < 1.29 is 18.3 Å². The zero-order valence-corrected chi connectivity index (χ0v) is 9.65. The quantitative estimate of drug-likeness (QED) is 0.791. The first-order valence-corrected chi connectivity index (χ1v) is 5.70. The summed E-state index contributed by atoms with van der Waals surface area (Å²) in [6.45, 7) is 0. The van der Waals surface area contributed by atoms with Crippen LogP contribution in [-0.2, 0) is 12.8 Å². The smallest absolute Gasteiger partial charge is 0.379 e. The summed E-state index contributed by atoms with van der Waals surface area (Å²) in [5, 5.41) is 8.94. The van der Waals surface area contributed by atoms with Crippen molar-refractivity contribution >= 4 is 11.6 Å². The highest BCUT2D eigenvalue weighted by Crippen LogP contribution is 2.37. The van der Waals surface area contributed by atoms with Crippen molar-refractivity contribution in [3.05, 3.63) is 28.0 Å². The van der Waals surface area contributed by atoms with E-state index < -0.39 is 12.3 Å². The molecule has 1 N–H and O–H groups in total. The van der Waals surface area contributed by atoms with E-state index in [4.69, 9.17) is 11.6 Å². The molecule has 0 radical (unpaired) electrons. The zero-order valence-electron chi connectivity index (χ0n) is 8.89. The van der Waals surface area contributed by atoms with Gasteiger partial charge in [-0.2, -0.15) is 13.2 Å². The number of rotatable bonds is 1. The second-order valence-electron chi connectivity index (χ2n) is 4.13. The third-order valence-corrected chi connectivity index (χ3v) is 3.19. The maximum absolute atomic E-state index is 12.4. The number of aryl methyl sites for hydroxylation is 2. The molecule has 2 rings (SSSR count). The lowest BCUT2D eigenvalue weighted by atomic mass is 9.94. The van der Waals surface area contributed by atoms with Crippen LogP contribution in [0.1, 0.15) is 35.8 Å². The van der Waals surface area contributed by atoms with Gasteiger partial charge < -0.3 is 5.11 Å². The van der Waals surface area contributed by atoms with Crippen molar-refractivity contribution in [3.8, 4) is 0 Å². The minimum atomic E-state index is -4.71. The highest BCUT2D eigenvalue weighted by Gasteiger charge is 2.41. The molecule has 94 valence electrons. The fourth-order valence-electron chi connectivity index (χ4n) is 1.99. The predicted molar refractivity (Wildman–Crippen MR) is 56.9 cm³/mol. The Hall–Kier alpha value is -0.810. The molecule has 17 heavy (non-hydrogen) atoms. The van der Waals surface area contributed by atoms with E-state index in [0.29, 0.717) is 6.42 Å². The van der Waals surface area contributed by atoms with Gasteiger partial charge in [0.25, 0.3) is 0 Å². The second-order valence-corrected chi connectivity index (χ2v) is 4.48. The first kappa shape index (κ1) is 12.6. The van der Waals surface area contributed by atoms with Gasteiger partial charge in [-0.25, -0.2) is 4.98 Å². The summed E-state index contributed by atoms with van der Waals surface area (Å²) in [5.74, 6) is 0. The molecule has 0 saturated heterocycles. The minimum absolute atomic E-state index is 0.254. The van der Waals surface area contributed by atoms with E-state index in [0.717, 1.165) is 30.5 Å². The molecule has 0 aliphatic heterocycles. The van der Waals surface area contributed by atoms with Gasteiger partial charge in [0, 0.05) is 11.3 Å². The first-order valence-electron chi connectivity index (χ1n) is 5.32.